The van der Waals surface area contributed by atoms with Gasteiger partial charge in [-0.05, 0) is 36.6 Å². The largest absolute Gasteiger partial charge is 0.468 e. The molecule has 0 aliphatic carbocycles. The van der Waals surface area contributed by atoms with Crippen LogP contribution in [0.3, 0.4) is 0 Å². The van der Waals surface area contributed by atoms with Crippen molar-refractivity contribution in [3.8, 4) is 0 Å². The van der Waals surface area contributed by atoms with Crippen LogP contribution in [0.1, 0.15) is 30.9 Å². The van der Waals surface area contributed by atoms with E-state index in [-0.39, 0.29) is 11.9 Å². The molecule has 2 unspecified atom stereocenters. The molecule has 2 aromatic carbocycles. The van der Waals surface area contributed by atoms with Crippen LogP contribution in [-0.4, -0.2) is 18.8 Å². The minimum atomic E-state index is -0.496. The number of carbonyl (C=O) groups is 1. The van der Waals surface area contributed by atoms with Gasteiger partial charge in [-0.15, -0.1) is 0 Å². The first-order chi connectivity index (χ1) is 12.0. The first-order valence-corrected chi connectivity index (χ1v) is 8.56. The highest BCUT2D eigenvalue weighted by molar-refractivity contribution is 6.31. The molecule has 0 bridgehead atoms. The number of carbonyl (C=O) groups excluding carboxylic acids is 1. The molecule has 2 atom stereocenters. The fourth-order valence-electron chi connectivity index (χ4n) is 3.53. The van der Waals surface area contributed by atoms with E-state index in [0.717, 1.165) is 28.1 Å². The average molecular weight is 354 g/mol. The van der Waals surface area contributed by atoms with Crippen molar-refractivity contribution >= 4 is 28.9 Å². The Balaban J connectivity index is 2.27. The van der Waals surface area contributed by atoms with Gasteiger partial charge in [0.15, 0.2) is 0 Å². The van der Waals surface area contributed by atoms with Crippen molar-refractivity contribution in [2.75, 3.05) is 7.11 Å². The zero-order valence-corrected chi connectivity index (χ0v) is 15.2. The number of hydrogen-bond donors (Lipinski definition) is 0. The summed E-state index contributed by atoms with van der Waals surface area (Å²) >= 11 is 6.50. The fraction of sp³-hybridized carbons (Fsp3) is 0.238. The van der Waals surface area contributed by atoms with Crippen molar-refractivity contribution in [1.29, 1.82) is 0 Å². The standard InChI is InChI=1S/C21H20ClNO2/c1-13-18(15-9-5-4-6-10-15)20(16-11-7-8-12-17(16)22)19(14(2)23-13)21(24)25-3/h4-12,19-20H,1-3H3. The molecule has 0 N–H and O–H groups in total. The lowest BCUT2D eigenvalue weighted by Crippen LogP contribution is -2.33. The number of esters is 1. The monoisotopic (exact) mass is 353 g/mol. The molecule has 0 amide bonds. The Morgan fingerprint density at radius 2 is 1.68 bits per heavy atom. The molecule has 0 aromatic heterocycles. The maximum atomic E-state index is 12.6. The van der Waals surface area contributed by atoms with Gasteiger partial charge in [0, 0.05) is 22.3 Å². The first-order valence-electron chi connectivity index (χ1n) is 8.18. The molecule has 0 saturated carbocycles. The number of nitrogens with zero attached hydrogens (tertiary/aromatic N) is 1. The van der Waals surface area contributed by atoms with Gasteiger partial charge in [-0.1, -0.05) is 60.1 Å². The normalized spacial score (nSPS) is 20.2. The SMILES string of the molecule is COC(=O)C1C(C)=NC(C)=C(c2ccccc2)C1c1ccccc1Cl. The molecule has 1 heterocycles. The highest BCUT2D eigenvalue weighted by Gasteiger charge is 2.40. The Labute approximate surface area is 153 Å². The number of ether oxygens (including phenoxy) is 1. The molecule has 0 fully saturated rings. The van der Waals surface area contributed by atoms with Crippen molar-refractivity contribution in [2.45, 2.75) is 19.8 Å². The summed E-state index contributed by atoms with van der Waals surface area (Å²) in [6, 6.07) is 17.7. The van der Waals surface area contributed by atoms with E-state index in [1.807, 2.05) is 68.4 Å². The van der Waals surface area contributed by atoms with Gasteiger partial charge in [-0.25, -0.2) is 0 Å². The summed E-state index contributed by atoms with van der Waals surface area (Å²) in [4.78, 5) is 17.2. The highest BCUT2D eigenvalue weighted by atomic mass is 35.5. The van der Waals surface area contributed by atoms with E-state index >= 15 is 0 Å². The molecular formula is C21H20ClNO2. The quantitative estimate of drug-likeness (QED) is 0.718. The van der Waals surface area contributed by atoms with Crippen LogP contribution in [0.5, 0.6) is 0 Å². The molecule has 0 saturated heterocycles. The van der Waals surface area contributed by atoms with Crippen LogP contribution in [-0.2, 0) is 9.53 Å². The van der Waals surface area contributed by atoms with E-state index in [1.54, 1.807) is 0 Å². The van der Waals surface area contributed by atoms with Gasteiger partial charge in [0.05, 0.1) is 7.11 Å². The number of aliphatic imine (C=N–C) groups is 1. The maximum Gasteiger partial charge on any atom is 0.315 e. The van der Waals surface area contributed by atoms with E-state index in [0.29, 0.717) is 5.02 Å². The third kappa shape index (κ3) is 3.24. The lowest BCUT2D eigenvalue weighted by molar-refractivity contribution is -0.143. The van der Waals surface area contributed by atoms with Crippen LogP contribution >= 0.6 is 11.6 Å². The zero-order valence-electron chi connectivity index (χ0n) is 14.5. The van der Waals surface area contributed by atoms with Crippen LogP contribution in [0.4, 0.5) is 0 Å². The summed E-state index contributed by atoms with van der Waals surface area (Å²) in [5.41, 5.74) is 4.60. The number of allylic oxidation sites excluding steroid dienone is 2. The van der Waals surface area contributed by atoms with Crippen LogP contribution in [0, 0.1) is 5.92 Å². The Bertz CT molecular complexity index is 855. The van der Waals surface area contributed by atoms with Gasteiger partial charge in [0.2, 0.25) is 0 Å². The Kier molecular flexibility index (Phi) is 5.05. The maximum absolute atomic E-state index is 12.6. The average Bonchev–Trinajstić information content (AvgIpc) is 2.62. The van der Waals surface area contributed by atoms with Crippen LogP contribution in [0.15, 0.2) is 65.3 Å². The Morgan fingerprint density at radius 3 is 2.32 bits per heavy atom. The third-order valence-corrected chi connectivity index (χ3v) is 4.95. The van der Waals surface area contributed by atoms with Gasteiger partial charge in [-0.3, -0.25) is 9.79 Å². The molecule has 4 heteroatoms. The van der Waals surface area contributed by atoms with E-state index in [4.69, 9.17) is 16.3 Å². The molecule has 128 valence electrons. The smallest absolute Gasteiger partial charge is 0.315 e. The third-order valence-electron chi connectivity index (χ3n) is 4.61. The van der Waals surface area contributed by atoms with Gasteiger partial charge < -0.3 is 4.74 Å². The van der Waals surface area contributed by atoms with Crippen molar-refractivity contribution < 1.29 is 9.53 Å². The van der Waals surface area contributed by atoms with Crippen molar-refractivity contribution in [3.63, 3.8) is 0 Å². The molecule has 0 spiro atoms. The van der Waals surface area contributed by atoms with Gasteiger partial charge in [0.25, 0.3) is 0 Å². The summed E-state index contributed by atoms with van der Waals surface area (Å²) in [6.07, 6.45) is 0. The lowest BCUT2D eigenvalue weighted by Gasteiger charge is -2.33. The summed E-state index contributed by atoms with van der Waals surface area (Å²) in [6.45, 7) is 3.85. The van der Waals surface area contributed by atoms with Crippen molar-refractivity contribution in [2.24, 2.45) is 10.9 Å². The molecular weight excluding hydrogens is 334 g/mol. The summed E-state index contributed by atoms with van der Waals surface area (Å²) < 4.78 is 5.09. The van der Waals surface area contributed by atoms with Gasteiger partial charge in [-0.2, -0.15) is 0 Å². The van der Waals surface area contributed by atoms with Gasteiger partial charge in [0.1, 0.15) is 5.92 Å². The lowest BCUT2D eigenvalue weighted by atomic mass is 9.73. The second kappa shape index (κ2) is 7.24. The highest BCUT2D eigenvalue weighted by Crippen LogP contribution is 2.46. The summed E-state index contributed by atoms with van der Waals surface area (Å²) in [7, 11) is 1.41. The zero-order chi connectivity index (χ0) is 18.0. The van der Waals surface area contributed by atoms with E-state index < -0.39 is 5.92 Å². The van der Waals surface area contributed by atoms with Crippen molar-refractivity contribution in [3.05, 3.63) is 76.4 Å². The predicted molar refractivity (Wildman–Crippen MR) is 102 cm³/mol. The van der Waals surface area contributed by atoms with Crippen LogP contribution in [0.25, 0.3) is 5.57 Å². The minimum Gasteiger partial charge on any atom is -0.468 e. The van der Waals surface area contributed by atoms with Crippen LogP contribution in [0.2, 0.25) is 5.02 Å². The fourth-order valence-corrected chi connectivity index (χ4v) is 3.78. The number of rotatable bonds is 3. The summed E-state index contributed by atoms with van der Waals surface area (Å²) in [5, 5.41) is 0.636. The first kappa shape index (κ1) is 17.4. The molecule has 1 aliphatic heterocycles. The molecule has 3 rings (SSSR count). The molecule has 2 aromatic rings. The molecule has 3 nitrogen and oxygen atoms in total. The molecule has 1 aliphatic rings. The van der Waals surface area contributed by atoms with Gasteiger partial charge >= 0.3 is 5.97 Å². The number of halogens is 1. The summed E-state index contributed by atoms with van der Waals surface area (Å²) in [5.74, 6) is -1.03. The Hall–Kier alpha value is -2.39. The Morgan fingerprint density at radius 1 is 1.04 bits per heavy atom. The van der Waals surface area contributed by atoms with E-state index in [1.165, 1.54) is 7.11 Å². The minimum absolute atomic E-state index is 0.235. The molecule has 0 radical (unpaired) electrons. The van der Waals surface area contributed by atoms with Crippen LogP contribution < -0.4 is 0 Å². The number of benzene rings is 2. The second-order valence-electron chi connectivity index (χ2n) is 6.12. The predicted octanol–water partition coefficient (Wildman–Crippen LogP) is 5.12. The number of hydrogen-bond acceptors (Lipinski definition) is 3. The molecule has 25 heavy (non-hydrogen) atoms. The van der Waals surface area contributed by atoms with E-state index in [9.17, 15) is 4.79 Å². The van der Waals surface area contributed by atoms with Crippen molar-refractivity contribution in [1.82, 2.24) is 0 Å². The topological polar surface area (TPSA) is 38.7 Å². The van der Waals surface area contributed by atoms with E-state index in [2.05, 4.69) is 4.99 Å². The number of methoxy groups -OCH3 is 1. The second-order valence-corrected chi connectivity index (χ2v) is 6.53.